The van der Waals surface area contributed by atoms with Crippen LogP contribution < -0.4 is 4.90 Å². The van der Waals surface area contributed by atoms with E-state index in [0.717, 1.165) is 37.7 Å². The molecule has 1 aromatic carbocycles. The highest BCUT2D eigenvalue weighted by molar-refractivity contribution is 6.31. The quantitative estimate of drug-likeness (QED) is 0.478. The van der Waals surface area contributed by atoms with Crippen LogP contribution in [0.2, 0.25) is 5.02 Å². The Balaban J connectivity index is 1.55. The molecule has 2 atom stereocenters. The first-order valence-electron chi connectivity index (χ1n) is 12.1. The van der Waals surface area contributed by atoms with Crippen molar-refractivity contribution < 1.29 is 4.79 Å². The third kappa shape index (κ3) is 3.38. The number of carbonyl (C=O) groups excluding carboxylic acids is 1. The molecule has 2 unspecified atom stereocenters. The second-order valence-corrected chi connectivity index (χ2v) is 10.1. The maximum Gasteiger partial charge on any atom is 0.260 e. The van der Waals surface area contributed by atoms with Gasteiger partial charge in [0.15, 0.2) is 5.82 Å². The van der Waals surface area contributed by atoms with E-state index in [9.17, 15) is 4.79 Å². The molecule has 1 spiro atoms. The van der Waals surface area contributed by atoms with Gasteiger partial charge < -0.3 is 0 Å². The fourth-order valence-electron chi connectivity index (χ4n) is 6.48. The van der Waals surface area contributed by atoms with Crippen molar-refractivity contribution in [1.82, 2.24) is 19.7 Å². The fraction of sp³-hybridized carbons (Fsp3) is 0.462. The lowest BCUT2D eigenvalue weighted by molar-refractivity contribution is 0.0314. The number of nitrogens with zero attached hydrogens (tertiary/aromatic N) is 5. The van der Waals surface area contributed by atoms with Gasteiger partial charge in [-0.15, -0.1) is 5.10 Å². The SMILES string of the molecule is O=C(c1cccc(Cl)c1)N1c2nc(-c3cccnc3)nn2C2(CCCCC2)C2CCCCC21. The Kier molecular flexibility index (Phi) is 5.21. The van der Waals surface area contributed by atoms with Gasteiger partial charge in [-0.1, -0.05) is 49.8 Å². The van der Waals surface area contributed by atoms with Gasteiger partial charge in [0.25, 0.3) is 5.91 Å². The lowest BCUT2D eigenvalue weighted by Gasteiger charge is -2.55. The van der Waals surface area contributed by atoms with Crippen LogP contribution in [0.15, 0.2) is 48.8 Å². The van der Waals surface area contributed by atoms with E-state index < -0.39 is 0 Å². The van der Waals surface area contributed by atoms with Gasteiger partial charge in [-0.3, -0.25) is 14.7 Å². The number of anilines is 1. The summed E-state index contributed by atoms with van der Waals surface area (Å²) in [5.74, 6) is 1.69. The number of pyridine rings is 1. The summed E-state index contributed by atoms with van der Waals surface area (Å²) in [4.78, 5) is 25.2. The molecule has 1 aliphatic heterocycles. The molecule has 0 saturated heterocycles. The van der Waals surface area contributed by atoms with Crippen molar-refractivity contribution >= 4 is 23.5 Å². The molecule has 7 heteroatoms. The van der Waals surface area contributed by atoms with Gasteiger partial charge in [-0.05, 0) is 56.0 Å². The second-order valence-electron chi connectivity index (χ2n) is 9.70. The molecule has 170 valence electrons. The van der Waals surface area contributed by atoms with E-state index in [1.165, 1.54) is 25.7 Å². The Hall–Kier alpha value is -2.73. The number of carbonyl (C=O) groups is 1. The number of aromatic nitrogens is 4. The highest BCUT2D eigenvalue weighted by Crippen LogP contribution is 2.53. The molecule has 0 bridgehead atoms. The molecule has 1 amide bonds. The van der Waals surface area contributed by atoms with Crippen LogP contribution in [0.4, 0.5) is 5.95 Å². The predicted octanol–water partition coefficient (Wildman–Crippen LogP) is 5.87. The molecule has 2 aliphatic carbocycles. The standard InChI is InChI=1S/C26H28ClN5O/c27-20-10-6-8-18(16-20)24(33)31-22-12-3-2-11-21(22)26(13-4-1-5-14-26)32-25(31)29-23(30-32)19-9-7-15-28-17-19/h6-10,15-17,21-22H,1-5,11-14H2. The summed E-state index contributed by atoms with van der Waals surface area (Å²) < 4.78 is 2.14. The second kappa shape index (κ2) is 8.24. The van der Waals surface area contributed by atoms with Crippen molar-refractivity contribution in [2.75, 3.05) is 4.90 Å². The molecule has 2 aromatic heterocycles. The van der Waals surface area contributed by atoms with E-state index >= 15 is 0 Å². The zero-order valence-corrected chi connectivity index (χ0v) is 19.4. The minimum absolute atomic E-state index is 0.0357. The monoisotopic (exact) mass is 461 g/mol. The van der Waals surface area contributed by atoms with Gasteiger partial charge in [0, 0.05) is 40.5 Å². The summed E-state index contributed by atoms with van der Waals surface area (Å²) in [5, 5.41) is 5.65. The topological polar surface area (TPSA) is 63.9 Å². The van der Waals surface area contributed by atoms with Gasteiger partial charge in [0.1, 0.15) is 0 Å². The van der Waals surface area contributed by atoms with E-state index in [1.807, 2.05) is 29.2 Å². The fourth-order valence-corrected chi connectivity index (χ4v) is 6.67. The summed E-state index contributed by atoms with van der Waals surface area (Å²) in [5.41, 5.74) is 1.42. The molecule has 33 heavy (non-hydrogen) atoms. The van der Waals surface area contributed by atoms with Crippen LogP contribution in [0, 0.1) is 5.92 Å². The first-order valence-corrected chi connectivity index (χ1v) is 12.5. The van der Waals surface area contributed by atoms with Crippen molar-refractivity contribution in [1.29, 1.82) is 0 Å². The summed E-state index contributed by atoms with van der Waals surface area (Å²) in [6.45, 7) is 0. The van der Waals surface area contributed by atoms with Crippen molar-refractivity contribution in [2.24, 2.45) is 5.92 Å². The maximum absolute atomic E-state index is 14.0. The third-order valence-electron chi connectivity index (χ3n) is 7.91. The summed E-state index contributed by atoms with van der Waals surface area (Å²) in [7, 11) is 0. The molecular weight excluding hydrogens is 434 g/mol. The van der Waals surface area contributed by atoms with Crippen LogP contribution >= 0.6 is 11.6 Å². The summed E-state index contributed by atoms with van der Waals surface area (Å²) >= 11 is 6.26. The van der Waals surface area contributed by atoms with Crippen molar-refractivity contribution in [3.8, 4) is 11.4 Å². The minimum Gasteiger partial charge on any atom is -0.273 e. The van der Waals surface area contributed by atoms with Crippen LogP contribution in [-0.4, -0.2) is 31.7 Å². The first-order chi connectivity index (χ1) is 16.2. The molecular formula is C26H28ClN5O. The van der Waals surface area contributed by atoms with E-state index in [2.05, 4.69) is 9.67 Å². The molecule has 3 aromatic rings. The molecule has 6 nitrogen and oxygen atoms in total. The van der Waals surface area contributed by atoms with Gasteiger partial charge in [-0.2, -0.15) is 4.98 Å². The zero-order chi connectivity index (χ0) is 22.4. The number of fused-ring (bicyclic) bond motifs is 4. The number of halogens is 1. The molecule has 6 rings (SSSR count). The molecule has 3 aliphatic rings. The number of benzene rings is 1. The predicted molar refractivity (Wildman–Crippen MR) is 128 cm³/mol. The van der Waals surface area contributed by atoms with E-state index in [4.69, 9.17) is 21.7 Å². The van der Waals surface area contributed by atoms with E-state index in [-0.39, 0.29) is 17.5 Å². The van der Waals surface area contributed by atoms with Crippen LogP contribution in [0.5, 0.6) is 0 Å². The molecule has 2 fully saturated rings. The molecule has 2 saturated carbocycles. The normalized spacial score (nSPS) is 23.7. The smallest absolute Gasteiger partial charge is 0.260 e. The Bertz CT molecular complexity index is 1170. The Labute approximate surface area is 199 Å². The van der Waals surface area contributed by atoms with Crippen molar-refractivity contribution in [3.63, 3.8) is 0 Å². The Morgan fingerprint density at radius 3 is 2.67 bits per heavy atom. The lowest BCUT2D eigenvalue weighted by Crippen LogP contribution is -2.61. The average Bonchev–Trinajstić information content (AvgIpc) is 3.31. The summed E-state index contributed by atoms with van der Waals surface area (Å²) in [6, 6.07) is 11.3. The van der Waals surface area contributed by atoms with E-state index in [0.29, 0.717) is 28.3 Å². The number of hydrogen-bond acceptors (Lipinski definition) is 4. The number of rotatable bonds is 2. The van der Waals surface area contributed by atoms with Crippen LogP contribution in [0.25, 0.3) is 11.4 Å². The highest BCUT2D eigenvalue weighted by Gasteiger charge is 2.55. The van der Waals surface area contributed by atoms with Gasteiger partial charge in [-0.25, -0.2) is 4.68 Å². The van der Waals surface area contributed by atoms with Crippen molar-refractivity contribution in [3.05, 3.63) is 59.4 Å². The Morgan fingerprint density at radius 2 is 1.88 bits per heavy atom. The highest BCUT2D eigenvalue weighted by atomic mass is 35.5. The van der Waals surface area contributed by atoms with Gasteiger partial charge in [0.05, 0.1) is 5.54 Å². The van der Waals surface area contributed by atoms with Gasteiger partial charge in [0.2, 0.25) is 5.95 Å². The van der Waals surface area contributed by atoms with Crippen LogP contribution in [0.3, 0.4) is 0 Å². The Morgan fingerprint density at radius 1 is 1.03 bits per heavy atom. The number of hydrogen-bond donors (Lipinski definition) is 0. The molecule has 3 heterocycles. The van der Waals surface area contributed by atoms with Crippen LogP contribution in [0.1, 0.15) is 68.1 Å². The summed E-state index contributed by atoms with van der Waals surface area (Å²) in [6.07, 6.45) is 13.9. The first kappa shape index (κ1) is 20.8. The third-order valence-corrected chi connectivity index (χ3v) is 8.14. The zero-order valence-electron chi connectivity index (χ0n) is 18.7. The van der Waals surface area contributed by atoms with Crippen molar-refractivity contribution in [2.45, 2.75) is 69.4 Å². The molecule has 0 radical (unpaired) electrons. The van der Waals surface area contributed by atoms with Crippen LogP contribution in [-0.2, 0) is 5.54 Å². The average molecular weight is 462 g/mol. The maximum atomic E-state index is 14.0. The molecule has 0 N–H and O–H groups in total. The van der Waals surface area contributed by atoms with E-state index in [1.54, 1.807) is 24.5 Å². The largest absolute Gasteiger partial charge is 0.273 e. The minimum atomic E-state index is -0.0583. The lowest BCUT2D eigenvalue weighted by atomic mass is 9.64. The number of amides is 1. The van der Waals surface area contributed by atoms with Gasteiger partial charge >= 0.3 is 0 Å².